The van der Waals surface area contributed by atoms with E-state index < -0.39 is 38.6 Å². The highest BCUT2D eigenvalue weighted by Gasteiger charge is 2.38. The van der Waals surface area contributed by atoms with Gasteiger partial charge in [-0.1, -0.05) is 24.3 Å². The van der Waals surface area contributed by atoms with Crippen LogP contribution in [-0.2, 0) is 15.8 Å². The maximum absolute atomic E-state index is 12.5. The highest BCUT2D eigenvalue weighted by Crippen LogP contribution is 2.33. The molecule has 1 aliphatic rings. The Morgan fingerprint density at radius 1 is 1.21 bits per heavy atom. The third kappa shape index (κ3) is 4.50. The van der Waals surface area contributed by atoms with Crippen molar-refractivity contribution in [1.29, 1.82) is 0 Å². The van der Waals surface area contributed by atoms with Crippen LogP contribution in [-0.4, -0.2) is 44.9 Å². The number of para-hydroxylation sites is 1. The van der Waals surface area contributed by atoms with Gasteiger partial charge in [-0.2, -0.15) is 0 Å². The van der Waals surface area contributed by atoms with Crippen LogP contribution in [0.3, 0.4) is 0 Å². The van der Waals surface area contributed by atoms with E-state index in [0.29, 0.717) is 11.1 Å². The second-order valence-corrected chi connectivity index (χ2v) is 8.14. The minimum Gasteiger partial charge on any atom is -0.534 e. The van der Waals surface area contributed by atoms with Crippen molar-refractivity contribution < 1.29 is 38.7 Å². The molecule has 1 heterocycles. The summed E-state index contributed by atoms with van der Waals surface area (Å²) in [6.45, 7) is 0. The van der Waals surface area contributed by atoms with E-state index in [1.54, 1.807) is 6.07 Å². The zero-order valence-electron chi connectivity index (χ0n) is 14.9. The lowest BCUT2D eigenvalue weighted by Gasteiger charge is -2.29. The minimum absolute atomic E-state index is 0.0512. The van der Waals surface area contributed by atoms with E-state index in [1.807, 2.05) is 0 Å². The summed E-state index contributed by atoms with van der Waals surface area (Å²) < 4.78 is 16.5. The highest BCUT2D eigenvalue weighted by molar-refractivity contribution is 7.60. The summed E-state index contributed by atoms with van der Waals surface area (Å²) in [7, 11) is -5.88. The number of hydrogen-bond donors (Lipinski definition) is 6. The maximum Gasteiger partial charge on any atom is 0.547 e. The average Bonchev–Trinajstić information content (AvgIpc) is 2.66. The molecule has 3 rings (SSSR count). The first-order chi connectivity index (χ1) is 13.6. The fraction of sp³-hybridized carbons (Fsp3) is 0.176. The summed E-state index contributed by atoms with van der Waals surface area (Å²) in [6, 6.07) is 8.41. The molecule has 0 spiro atoms. The van der Waals surface area contributed by atoms with Crippen LogP contribution in [0.25, 0.3) is 0 Å². The number of rotatable bonds is 5. The number of fused-ring (bicyclic) bond motifs is 1. The van der Waals surface area contributed by atoms with Gasteiger partial charge in [-0.15, -0.1) is 0 Å². The van der Waals surface area contributed by atoms with Crippen LogP contribution in [0, 0.1) is 0 Å². The Labute approximate surface area is 165 Å². The molecule has 0 radical (unpaired) electrons. The molecule has 0 saturated carbocycles. The third-order valence-electron chi connectivity index (χ3n) is 4.55. The number of carbonyl (C=O) groups is 2. The van der Waals surface area contributed by atoms with Gasteiger partial charge in [0.05, 0.1) is 16.8 Å². The van der Waals surface area contributed by atoms with Gasteiger partial charge in [0.15, 0.2) is 0 Å². The summed E-state index contributed by atoms with van der Waals surface area (Å²) >= 11 is 0. The average molecular weight is 420 g/mol. The van der Waals surface area contributed by atoms with Gasteiger partial charge < -0.3 is 35.6 Å². The highest BCUT2D eigenvalue weighted by atomic mass is 31.2. The van der Waals surface area contributed by atoms with E-state index in [4.69, 9.17) is 20.2 Å². The van der Waals surface area contributed by atoms with E-state index in [0.717, 1.165) is 0 Å². The predicted octanol–water partition coefficient (Wildman–Crippen LogP) is -0.673. The van der Waals surface area contributed by atoms with Crippen LogP contribution in [0.5, 0.6) is 5.75 Å². The van der Waals surface area contributed by atoms with Crippen LogP contribution in [0.1, 0.15) is 27.5 Å². The second kappa shape index (κ2) is 7.98. The molecule has 0 fully saturated rings. The molecule has 29 heavy (non-hydrogen) atoms. The third-order valence-corrected chi connectivity index (χ3v) is 5.52. The molecule has 152 valence electrons. The molecule has 1 unspecified atom stereocenters. The van der Waals surface area contributed by atoms with Crippen molar-refractivity contribution in [2.24, 2.45) is 5.73 Å². The Bertz CT molecular complexity index is 993. The molecule has 0 aromatic heterocycles. The summed E-state index contributed by atoms with van der Waals surface area (Å²) in [5, 5.41) is 21.8. The maximum atomic E-state index is 12.5. The molecular formula is C17H18BN2O8P. The fourth-order valence-corrected chi connectivity index (χ4v) is 3.55. The number of aromatic carboxylic acids is 1. The van der Waals surface area contributed by atoms with Crippen molar-refractivity contribution in [3.05, 3.63) is 59.2 Å². The monoisotopic (exact) mass is 420 g/mol. The van der Waals surface area contributed by atoms with Crippen molar-refractivity contribution in [3.63, 3.8) is 0 Å². The summed E-state index contributed by atoms with van der Waals surface area (Å²) in [4.78, 5) is 42.0. The molecule has 2 aromatic rings. The Kier molecular flexibility index (Phi) is 5.79. The number of amides is 1. The zero-order chi connectivity index (χ0) is 21.3. The molecule has 7 N–H and O–H groups in total. The standard InChI is InChI=1S/C17H18BN2O8P/c19-14(9-4-6-11(7-5-9)29(25,26)27)16(21)20-13-8-10-2-1-3-12(17(22)23)15(10)28-18(13)24/h1-7,13-14,24H,8,19H2,(H,20,21)(H,22,23)(H2,25,26,27)/t13-,14?/m0/s1. The minimum atomic E-state index is -4.40. The van der Waals surface area contributed by atoms with E-state index in [1.165, 1.54) is 36.4 Å². The number of carboxylic acid groups (broad SMARTS) is 1. The van der Waals surface area contributed by atoms with E-state index in [2.05, 4.69) is 5.32 Å². The van der Waals surface area contributed by atoms with Gasteiger partial charge in [0, 0.05) is 0 Å². The van der Waals surface area contributed by atoms with E-state index >= 15 is 0 Å². The predicted molar refractivity (Wildman–Crippen MR) is 103 cm³/mol. The molecule has 10 nitrogen and oxygen atoms in total. The summed E-state index contributed by atoms with van der Waals surface area (Å²) in [5.41, 5.74) is 6.66. The van der Waals surface area contributed by atoms with Gasteiger partial charge in [0.2, 0.25) is 5.91 Å². The largest absolute Gasteiger partial charge is 0.547 e. The zero-order valence-corrected chi connectivity index (χ0v) is 15.8. The van der Waals surface area contributed by atoms with Crippen LogP contribution < -0.4 is 21.0 Å². The normalized spacial score (nSPS) is 17.1. The van der Waals surface area contributed by atoms with E-state index in [9.17, 15) is 24.3 Å². The van der Waals surface area contributed by atoms with Crippen LogP contribution in [0.4, 0.5) is 0 Å². The first kappa shape index (κ1) is 21.0. The van der Waals surface area contributed by atoms with Crippen LogP contribution in [0.15, 0.2) is 42.5 Å². The van der Waals surface area contributed by atoms with E-state index in [-0.39, 0.29) is 23.0 Å². The first-order valence-electron chi connectivity index (χ1n) is 8.50. The first-order valence-corrected chi connectivity index (χ1v) is 10.1. The van der Waals surface area contributed by atoms with Gasteiger partial charge in [0.25, 0.3) is 0 Å². The number of nitrogens with two attached hydrogens (primary N) is 1. The van der Waals surface area contributed by atoms with Gasteiger partial charge in [-0.05, 0) is 35.7 Å². The van der Waals surface area contributed by atoms with Gasteiger partial charge in [0.1, 0.15) is 11.8 Å². The van der Waals surface area contributed by atoms with Gasteiger partial charge in [-0.3, -0.25) is 9.36 Å². The fourth-order valence-electron chi connectivity index (χ4n) is 3.02. The van der Waals surface area contributed by atoms with Gasteiger partial charge >= 0.3 is 20.7 Å². The number of nitrogens with one attached hydrogen (secondary N) is 1. The molecule has 12 heteroatoms. The Morgan fingerprint density at radius 3 is 2.45 bits per heavy atom. The van der Waals surface area contributed by atoms with Crippen molar-refractivity contribution in [2.45, 2.75) is 18.4 Å². The SMILES string of the molecule is NC(C(=O)N[C@H]1Cc2cccc(C(=O)O)c2OB1O)c1ccc(P(=O)(O)O)cc1. The Morgan fingerprint density at radius 2 is 1.86 bits per heavy atom. The number of carbonyl (C=O) groups excluding carboxylic acids is 1. The quantitative estimate of drug-likeness (QED) is 0.270. The lowest BCUT2D eigenvalue weighted by Crippen LogP contribution is -2.54. The smallest absolute Gasteiger partial charge is 0.534 e. The van der Waals surface area contributed by atoms with Gasteiger partial charge in [-0.25, -0.2) is 4.79 Å². The lowest BCUT2D eigenvalue weighted by molar-refractivity contribution is -0.122. The van der Waals surface area contributed by atoms with Crippen molar-refractivity contribution in [2.75, 3.05) is 0 Å². The Hall–Kier alpha value is -2.69. The van der Waals surface area contributed by atoms with Crippen molar-refractivity contribution >= 4 is 31.9 Å². The molecule has 2 atom stereocenters. The Balaban J connectivity index is 1.73. The topological polar surface area (TPSA) is 179 Å². The summed E-state index contributed by atoms with van der Waals surface area (Å²) in [5.74, 6) is -2.65. The van der Waals surface area contributed by atoms with Crippen LogP contribution >= 0.6 is 7.60 Å². The second-order valence-electron chi connectivity index (χ2n) is 6.54. The molecule has 0 bridgehead atoms. The molecule has 0 saturated heterocycles. The number of benzene rings is 2. The summed E-state index contributed by atoms with van der Waals surface area (Å²) in [6.07, 6.45) is 0.132. The number of hydrogen-bond acceptors (Lipinski definition) is 6. The molecule has 1 amide bonds. The van der Waals surface area contributed by atoms with Crippen molar-refractivity contribution in [3.8, 4) is 5.75 Å². The molecular weight excluding hydrogens is 402 g/mol. The van der Waals surface area contributed by atoms with Crippen molar-refractivity contribution in [1.82, 2.24) is 5.32 Å². The van der Waals surface area contributed by atoms with Crippen LogP contribution in [0.2, 0.25) is 0 Å². The molecule has 2 aromatic carbocycles. The number of carboxylic acids is 1. The molecule has 1 aliphatic heterocycles. The lowest BCUT2D eigenvalue weighted by atomic mass is 9.72. The molecule has 0 aliphatic carbocycles.